The number of nitrogens with zero attached hydrogens (tertiary/aromatic N) is 2. The minimum atomic E-state index is -0.292. The first kappa shape index (κ1) is 21.2. The smallest absolute Gasteiger partial charge is 0.239 e. The fourth-order valence-electron chi connectivity index (χ4n) is 4.29. The number of anilines is 1. The molecule has 0 radical (unpaired) electrons. The van der Waals surface area contributed by atoms with Crippen LogP contribution in [-0.2, 0) is 11.2 Å². The molecule has 0 spiro atoms. The van der Waals surface area contributed by atoms with E-state index in [9.17, 15) is 9.18 Å². The SMILES string of the molecule is CCc1ccc([C@H](NCC(=O)Nc2ccnn2C2CCCC2)c2cccc(F)c2)cc1. The number of rotatable bonds is 8. The quantitative estimate of drug-likeness (QED) is 0.538. The third-order valence-corrected chi connectivity index (χ3v) is 5.98. The second-order valence-corrected chi connectivity index (χ2v) is 8.11. The summed E-state index contributed by atoms with van der Waals surface area (Å²) in [6.45, 7) is 2.21. The zero-order chi connectivity index (χ0) is 21.6. The van der Waals surface area contributed by atoms with Crippen LogP contribution in [0.15, 0.2) is 60.8 Å². The highest BCUT2D eigenvalue weighted by Crippen LogP contribution is 2.31. The Morgan fingerprint density at radius 1 is 1.13 bits per heavy atom. The van der Waals surface area contributed by atoms with Crippen molar-refractivity contribution < 1.29 is 9.18 Å². The molecule has 2 N–H and O–H groups in total. The van der Waals surface area contributed by atoms with E-state index in [4.69, 9.17) is 0 Å². The third-order valence-electron chi connectivity index (χ3n) is 5.98. The maximum Gasteiger partial charge on any atom is 0.239 e. The van der Waals surface area contributed by atoms with Gasteiger partial charge in [-0.15, -0.1) is 0 Å². The molecule has 1 aliphatic carbocycles. The van der Waals surface area contributed by atoms with Gasteiger partial charge in [0.25, 0.3) is 0 Å². The molecule has 1 aliphatic rings. The van der Waals surface area contributed by atoms with Gasteiger partial charge < -0.3 is 5.32 Å². The van der Waals surface area contributed by atoms with Crippen LogP contribution in [0.25, 0.3) is 0 Å². The fourth-order valence-corrected chi connectivity index (χ4v) is 4.29. The van der Waals surface area contributed by atoms with Crippen molar-refractivity contribution in [1.29, 1.82) is 0 Å². The van der Waals surface area contributed by atoms with Crippen molar-refractivity contribution in [3.05, 3.63) is 83.3 Å². The molecule has 1 atom stereocenters. The first-order valence-electron chi connectivity index (χ1n) is 11.0. The lowest BCUT2D eigenvalue weighted by Crippen LogP contribution is -2.32. The summed E-state index contributed by atoms with van der Waals surface area (Å²) in [5, 5.41) is 10.7. The molecule has 4 rings (SSSR count). The summed E-state index contributed by atoms with van der Waals surface area (Å²) in [5.74, 6) is 0.291. The van der Waals surface area contributed by atoms with Crippen LogP contribution in [-0.4, -0.2) is 22.2 Å². The number of hydrogen-bond acceptors (Lipinski definition) is 3. The standard InChI is InChI=1S/C25H29FN4O/c1-2-18-10-12-19(13-11-18)25(20-6-5-7-21(26)16-20)27-17-24(31)29-23-14-15-28-30(23)22-8-3-4-9-22/h5-7,10-16,22,25,27H,2-4,8-9,17H2,1H3,(H,29,31)/t25-/m0/s1. The summed E-state index contributed by atoms with van der Waals surface area (Å²) in [6.07, 6.45) is 7.27. The second-order valence-electron chi connectivity index (χ2n) is 8.11. The van der Waals surface area contributed by atoms with Gasteiger partial charge in [-0.3, -0.25) is 10.1 Å². The minimum absolute atomic E-state index is 0.104. The Morgan fingerprint density at radius 2 is 1.90 bits per heavy atom. The van der Waals surface area contributed by atoms with Crippen LogP contribution in [0.1, 0.15) is 61.4 Å². The molecule has 162 valence electrons. The monoisotopic (exact) mass is 420 g/mol. The Kier molecular flexibility index (Phi) is 6.77. The number of carbonyl (C=O) groups is 1. The lowest BCUT2D eigenvalue weighted by Gasteiger charge is -2.21. The predicted octanol–water partition coefficient (Wildman–Crippen LogP) is 5.02. The van der Waals surface area contributed by atoms with E-state index in [2.05, 4.69) is 34.8 Å². The van der Waals surface area contributed by atoms with E-state index in [0.29, 0.717) is 6.04 Å². The number of halogens is 1. The predicted molar refractivity (Wildman–Crippen MR) is 120 cm³/mol. The molecule has 0 saturated heterocycles. The van der Waals surface area contributed by atoms with Crippen LogP contribution < -0.4 is 10.6 Å². The van der Waals surface area contributed by atoms with Crippen molar-refractivity contribution in [3.63, 3.8) is 0 Å². The van der Waals surface area contributed by atoms with Crippen molar-refractivity contribution in [3.8, 4) is 0 Å². The molecule has 0 unspecified atom stereocenters. The normalized spacial score (nSPS) is 15.2. The Morgan fingerprint density at radius 3 is 2.61 bits per heavy atom. The Balaban J connectivity index is 1.47. The molecular formula is C25H29FN4O. The van der Waals surface area contributed by atoms with Crippen LogP contribution in [0.4, 0.5) is 10.2 Å². The maximum absolute atomic E-state index is 13.9. The summed E-state index contributed by atoms with van der Waals surface area (Å²) >= 11 is 0. The van der Waals surface area contributed by atoms with Gasteiger partial charge in [0.2, 0.25) is 5.91 Å². The lowest BCUT2D eigenvalue weighted by atomic mass is 9.97. The van der Waals surface area contributed by atoms with Gasteiger partial charge in [0, 0.05) is 6.07 Å². The molecule has 31 heavy (non-hydrogen) atoms. The lowest BCUT2D eigenvalue weighted by molar-refractivity contribution is -0.115. The second kappa shape index (κ2) is 9.88. The summed E-state index contributed by atoms with van der Waals surface area (Å²) in [6, 6.07) is 16.6. The van der Waals surface area contributed by atoms with Crippen molar-refractivity contribution in [2.45, 2.75) is 51.1 Å². The minimum Gasteiger partial charge on any atom is -0.310 e. The number of aryl methyl sites for hydroxylation is 1. The molecule has 6 heteroatoms. The van der Waals surface area contributed by atoms with Crippen LogP contribution in [0.2, 0.25) is 0 Å². The average molecular weight is 421 g/mol. The zero-order valence-corrected chi connectivity index (χ0v) is 17.9. The molecule has 1 saturated carbocycles. The molecule has 0 aliphatic heterocycles. The topological polar surface area (TPSA) is 59.0 Å². The number of hydrogen-bond donors (Lipinski definition) is 2. The molecule has 1 amide bonds. The molecule has 5 nitrogen and oxygen atoms in total. The van der Waals surface area contributed by atoms with Gasteiger partial charge in [0.05, 0.1) is 24.8 Å². The largest absolute Gasteiger partial charge is 0.310 e. The summed E-state index contributed by atoms with van der Waals surface area (Å²) in [7, 11) is 0. The number of aromatic nitrogens is 2. The van der Waals surface area contributed by atoms with Crippen molar-refractivity contribution in [2.75, 3.05) is 11.9 Å². The van der Waals surface area contributed by atoms with Gasteiger partial charge in [0.15, 0.2) is 0 Å². The molecular weight excluding hydrogens is 391 g/mol. The van der Waals surface area contributed by atoms with Crippen molar-refractivity contribution in [2.24, 2.45) is 0 Å². The Labute approximate surface area is 182 Å². The van der Waals surface area contributed by atoms with E-state index in [1.807, 2.05) is 28.9 Å². The highest BCUT2D eigenvalue weighted by molar-refractivity contribution is 5.91. The zero-order valence-electron chi connectivity index (χ0n) is 17.9. The van der Waals surface area contributed by atoms with Gasteiger partial charge in [-0.1, -0.05) is 56.2 Å². The van der Waals surface area contributed by atoms with E-state index in [-0.39, 0.29) is 24.3 Å². The number of carbonyl (C=O) groups excluding carboxylic acids is 1. The van der Waals surface area contributed by atoms with E-state index >= 15 is 0 Å². The first-order valence-corrected chi connectivity index (χ1v) is 11.0. The Hall–Kier alpha value is -2.99. The molecule has 0 bridgehead atoms. The van der Waals surface area contributed by atoms with E-state index in [1.165, 1.54) is 30.5 Å². The van der Waals surface area contributed by atoms with Crippen molar-refractivity contribution >= 4 is 11.7 Å². The summed E-state index contributed by atoms with van der Waals surface area (Å²) < 4.78 is 15.8. The summed E-state index contributed by atoms with van der Waals surface area (Å²) in [4.78, 5) is 12.7. The Bertz CT molecular complexity index is 1010. The molecule has 1 fully saturated rings. The summed E-state index contributed by atoms with van der Waals surface area (Å²) in [5.41, 5.74) is 3.01. The van der Waals surface area contributed by atoms with E-state index in [1.54, 1.807) is 12.3 Å². The van der Waals surface area contributed by atoms with Crippen LogP contribution in [0.5, 0.6) is 0 Å². The van der Waals surface area contributed by atoms with Crippen LogP contribution in [0, 0.1) is 5.82 Å². The highest BCUT2D eigenvalue weighted by atomic mass is 19.1. The number of amides is 1. The van der Waals surface area contributed by atoms with Gasteiger partial charge in [-0.2, -0.15) is 5.10 Å². The average Bonchev–Trinajstić information content (AvgIpc) is 3.46. The molecule has 1 aromatic heterocycles. The van der Waals surface area contributed by atoms with Gasteiger partial charge in [-0.05, 0) is 48.1 Å². The van der Waals surface area contributed by atoms with Crippen LogP contribution >= 0.6 is 0 Å². The van der Waals surface area contributed by atoms with E-state index in [0.717, 1.165) is 36.2 Å². The highest BCUT2D eigenvalue weighted by Gasteiger charge is 2.21. The van der Waals surface area contributed by atoms with Crippen molar-refractivity contribution in [1.82, 2.24) is 15.1 Å². The number of benzene rings is 2. The third kappa shape index (κ3) is 5.20. The fraction of sp³-hybridized carbons (Fsp3) is 0.360. The molecule has 1 heterocycles. The molecule has 2 aromatic carbocycles. The maximum atomic E-state index is 13.9. The van der Waals surface area contributed by atoms with Gasteiger partial charge in [-0.25, -0.2) is 9.07 Å². The van der Waals surface area contributed by atoms with Crippen LogP contribution in [0.3, 0.4) is 0 Å². The van der Waals surface area contributed by atoms with E-state index < -0.39 is 0 Å². The molecule has 3 aromatic rings. The number of nitrogens with one attached hydrogen (secondary N) is 2. The van der Waals surface area contributed by atoms with Gasteiger partial charge in [0.1, 0.15) is 11.6 Å². The van der Waals surface area contributed by atoms with Gasteiger partial charge >= 0.3 is 0 Å². The first-order chi connectivity index (χ1) is 15.1.